The predicted octanol–water partition coefficient (Wildman–Crippen LogP) is 2.90. The van der Waals surface area contributed by atoms with Crippen LogP contribution in [0.25, 0.3) is 0 Å². The maximum absolute atomic E-state index is 5.82. The van der Waals surface area contributed by atoms with Crippen LogP contribution in [-0.2, 0) is 4.74 Å². The van der Waals surface area contributed by atoms with Gasteiger partial charge >= 0.3 is 0 Å². The van der Waals surface area contributed by atoms with Crippen LogP contribution < -0.4 is 5.32 Å². The van der Waals surface area contributed by atoms with Gasteiger partial charge in [0.2, 0.25) is 0 Å². The third-order valence-corrected chi connectivity index (χ3v) is 5.35. The van der Waals surface area contributed by atoms with Gasteiger partial charge in [0.25, 0.3) is 0 Å². The Kier molecular flexibility index (Phi) is 5.14. The summed E-state index contributed by atoms with van der Waals surface area (Å²) in [4.78, 5) is 2.68. The lowest BCUT2D eigenvalue weighted by molar-refractivity contribution is -0.0132. The van der Waals surface area contributed by atoms with Gasteiger partial charge < -0.3 is 10.1 Å². The second kappa shape index (κ2) is 6.33. The molecule has 3 nitrogen and oxygen atoms in total. The molecule has 1 aliphatic heterocycles. The molecule has 2 rings (SSSR count). The van der Waals surface area contributed by atoms with Gasteiger partial charge in [-0.2, -0.15) is 0 Å². The van der Waals surface area contributed by atoms with Crippen molar-refractivity contribution in [3.63, 3.8) is 0 Å². The van der Waals surface area contributed by atoms with E-state index >= 15 is 0 Å². The smallest absolute Gasteiger partial charge is 0.0593 e. The van der Waals surface area contributed by atoms with E-state index < -0.39 is 0 Å². The molecule has 2 unspecified atom stereocenters. The molecule has 20 heavy (non-hydrogen) atoms. The molecule has 1 N–H and O–H groups in total. The first-order chi connectivity index (χ1) is 9.39. The SMILES string of the molecule is CCC1(C)CNC(C)(C2CC2)CN1CCOCC(C)C. The normalized spacial score (nSPS) is 35.7. The van der Waals surface area contributed by atoms with E-state index in [1.807, 2.05) is 0 Å². The first-order valence-corrected chi connectivity index (χ1v) is 8.47. The molecule has 1 heterocycles. The molecular weight excluding hydrogens is 248 g/mol. The molecule has 0 amide bonds. The monoisotopic (exact) mass is 282 g/mol. The summed E-state index contributed by atoms with van der Waals surface area (Å²) >= 11 is 0. The molecule has 0 aromatic rings. The minimum Gasteiger partial charge on any atom is -0.380 e. The third kappa shape index (κ3) is 3.75. The Morgan fingerprint density at radius 3 is 2.55 bits per heavy atom. The molecular formula is C17H34N2O. The Morgan fingerprint density at radius 2 is 2.00 bits per heavy atom. The molecule has 1 saturated carbocycles. The zero-order valence-corrected chi connectivity index (χ0v) is 14.2. The number of ether oxygens (including phenoxy) is 1. The Hall–Kier alpha value is -0.120. The maximum Gasteiger partial charge on any atom is 0.0593 e. The number of piperazine rings is 1. The quantitative estimate of drug-likeness (QED) is 0.727. The number of nitrogens with one attached hydrogen (secondary N) is 1. The lowest BCUT2D eigenvalue weighted by atomic mass is 9.84. The van der Waals surface area contributed by atoms with Crippen LogP contribution in [0.15, 0.2) is 0 Å². The molecule has 118 valence electrons. The second-order valence-electron chi connectivity index (χ2n) is 7.79. The van der Waals surface area contributed by atoms with E-state index in [4.69, 9.17) is 4.74 Å². The van der Waals surface area contributed by atoms with Crippen molar-refractivity contribution in [3.8, 4) is 0 Å². The highest BCUT2D eigenvalue weighted by Gasteiger charge is 2.48. The molecule has 3 heteroatoms. The predicted molar refractivity (Wildman–Crippen MR) is 85.1 cm³/mol. The van der Waals surface area contributed by atoms with E-state index in [1.54, 1.807) is 0 Å². The fourth-order valence-electron chi connectivity index (χ4n) is 3.33. The van der Waals surface area contributed by atoms with Gasteiger partial charge in [-0.3, -0.25) is 4.90 Å². The molecule has 2 atom stereocenters. The Labute approximate surface area is 125 Å². The minimum atomic E-state index is 0.287. The van der Waals surface area contributed by atoms with Crippen LogP contribution >= 0.6 is 0 Å². The average molecular weight is 282 g/mol. The minimum absolute atomic E-state index is 0.287. The number of hydrogen-bond acceptors (Lipinski definition) is 3. The first-order valence-electron chi connectivity index (χ1n) is 8.47. The van der Waals surface area contributed by atoms with Gasteiger partial charge in [0.05, 0.1) is 6.61 Å². The highest BCUT2D eigenvalue weighted by molar-refractivity contribution is 5.07. The number of nitrogens with zero attached hydrogens (tertiary/aromatic N) is 1. The second-order valence-corrected chi connectivity index (χ2v) is 7.79. The maximum atomic E-state index is 5.82. The van der Waals surface area contributed by atoms with Gasteiger partial charge in [-0.1, -0.05) is 20.8 Å². The van der Waals surface area contributed by atoms with Gasteiger partial charge in [-0.05, 0) is 44.9 Å². The molecule has 0 radical (unpaired) electrons. The van der Waals surface area contributed by atoms with E-state index in [2.05, 4.69) is 44.8 Å². The van der Waals surface area contributed by atoms with Gasteiger partial charge in [0, 0.05) is 37.3 Å². The summed E-state index contributed by atoms with van der Waals surface area (Å²) in [6, 6.07) is 0. The summed E-state index contributed by atoms with van der Waals surface area (Å²) < 4.78 is 5.82. The average Bonchev–Trinajstić information content (AvgIpc) is 3.23. The van der Waals surface area contributed by atoms with Crippen LogP contribution in [-0.4, -0.2) is 48.8 Å². The molecule has 1 saturated heterocycles. The molecule has 2 fully saturated rings. The summed E-state index contributed by atoms with van der Waals surface area (Å²) in [5.74, 6) is 1.52. The Morgan fingerprint density at radius 1 is 1.30 bits per heavy atom. The lowest BCUT2D eigenvalue weighted by Crippen LogP contribution is -2.69. The van der Waals surface area contributed by atoms with Crippen molar-refractivity contribution in [3.05, 3.63) is 0 Å². The van der Waals surface area contributed by atoms with Crippen molar-refractivity contribution >= 4 is 0 Å². The number of hydrogen-bond donors (Lipinski definition) is 1. The summed E-state index contributed by atoms with van der Waals surface area (Å²) in [5, 5.41) is 3.86. The zero-order valence-electron chi connectivity index (χ0n) is 14.2. The topological polar surface area (TPSA) is 24.5 Å². The fraction of sp³-hybridized carbons (Fsp3) is 1.00. The lowest BCUT2D eigenvalue weighted by Gasteiger charge is -2.52. The third-order valence-electron chi connectivity index (χ3n) is 5.35. The van der Waals surface area contributed by atoms with Crippen LogP contribution in [0.5, 0.6) is 0 Å². The molecule has 0 aromatic heterocycles. The van der Waals surface area contributed by atoms with E-state index in [0.29, 0.717) is 11.5 Å². The van der Waals surface area contributed by atoms with E-state index in [-0.39, 0.29) is 5.54 Å². The van der Waals surface area contributed by atoms with Crippen LogP contribution in [0.1, 0.15) is 53.9 Å². The van der Waals surface area contributed by atoms with E-state index in [1.165, 1.54) is 25.8 Å². The van der Waals surface area contributed by atoms with Crippen LogP contribution in [0.2, 0.25) is 0 Å². The van der Waals surface area contributed by atoms with Gasteiger partial charge in [-0.15, -0.1) is 0 Å². The Bertz CT molecular complexity index is 316. The molecule has 2 aliphatic rings. The van der Waals surface area contributed by atoms with E-state index in [9.17, 15) is 0 Å². The van der Waals surface area contributed by atoms with Crippen molar-refractivity contribution in [2.75, 3.05) is 32.8 Å². The van der Waals surface area contributed by atoms with Crippen LogP contribution in [0.3, 0.4) is 0 Å². The van der Waals surface area contributed by atoms with E-state index in [0.717, 1.165) is 32.2 Å². The van der Waals surface area contributed by atoms with Crippen molar-refractivity contribution in [2.24, 2.45) is 11.8 Å². The highest BCUT2D eigenvalue weighted by atomic mass is 16.5. The molecule has 0 spiro atoms. The van der Waals surface area contributed by atoms with Gasteiger partial charge in [0.1, 0.15) is 0 Å². The van der Waals surface area contributed by atoms with Gasteiger partial charge in [-0.25, -0.2) is 0 Å². The molecule has 1 aliphatic carbocycles. The first kappa shape index (κ1) is 16.3. The van der Waals surface area contributed by atoms with Gasteiger partial charge in [0.15, 0.2) is 0 Å². The standard InChI is InChI=1S/C17H34N2O/c1-6-16(4)12-18-17(5,15-7-8-15)13-19(16)9-10-20-11-14(2)3/h14-15,18H,6-13H2,1-5H3. The fourth-order valence-corrected chi connectivity index (χ4v) is 3.33. The summed E-state index contributed by atoms with van der Waals surface area (Å²) in [6.45, 7) is 16.7. The molecule has 0 aromatic carbocycles. The zero-order chi connectivity index (χ0) is 14.8. The summed E-state index contributed by atoms with van der Waals surface area (Å²) in [5.41, 5.74) is 0.613. The number of rotatable bonds is 7. The highest BCUT2D eigenvalue weighted by Crippen LogP contribution is 2.42. The van der Waals surface area contributed by atoms with Crippen LogP contribution in [0, 0.1) is 11.8 Å². The van der Waals surface area contributed by atoms with Crippen molar-refractivity contribution < 1.29 is 4.74 Å². The largest absolute Gasteiger partial charge is 0.380 e. The van der Waals surface area contributed by atoms with Crippen LogP contribution in [0.4, 0.5) is 0 Å². The molecule has 0 bridgehead atoms. The summed E-state index contributed by atoms with van der Waals surface area (Å²) in [7, 11) is 0. The summed E-state index contributed by atoms with van der Waals surface area (Å²) in [6.07, 6.45) is 4.01. The van der Waals surface area contributed by atoms with Crippen molar-refractivity contribution in [1.29, 1.82) is 0 Å². The van der Waals surface area contributed by atoms with Crippen molar-refractivity contribution in [1.82, 2.24) is 10.2 Å². The van der Waals surface area contributed by atoms with Crippen molar-refractivity contribution in [2.45, 2.75) is 65.0 Å². The Balaban J connectivity index is 1.89.